The molecule has 4 aromatic rings. The highest BCUT2D eigenvalue weighted by atomic mass is 16.5. The van der Waals surface area contributed by atoms with Crippen molar-refractivity contribution in [2.75, 3.05) is 25.1 Å². The van der Waals surface area contributed by atoms with Crippen LogP contribution in [0.2, 0.25) is 0 Å². The number of rotatable bonds is 10. The van der Waals surface area contributed by atoms with Crippen LogP contribution in [0.25, 0.3) is 28.3 Å². The molecule has 14 nitrogen and oxygen atoms in total. The normalized spacial score (nSPS) is 12.8. The summed E-state index contributed by atoms with van der Waals surface area (Å²) in [4.78, 5) is 42.3. The highest BCUT2D eigenvalue weighted by Crippen LogP contribution is 2.40. The van der Waals surface area contributed by atoms with Crippen molar-refractivity contribution in [3.8, 4) is 39.8 Å². The second-order valence-electron chi connectivity index (χ2n) is 10.8. The summed E-state index contributed by atoms with van der Waals surface area (Å²) < 4.78 is 5.20. The van der Waals surface area contributed by atoms with Crippen LogP contribution >= 0.6 is 0 Å². The SMILES string of the molecule is COc1ccc(-c2cnc(N3CCC(NCc4ccc(/C=C/C(=O)NO)cc4)CC3)c(C#N)c2-c2ccc(C(N)=O)nc2)cc1O.O=CO. The molecule has 0 radical (unpaired) electrons. The lowest BCUT2D eigenvalue weighted by molar-refractivity contribution is -0.124. The molecule has 0 saturated carbocycles. The maximum absolute atomic E-state index is 11.7. The zero-order valence-corrected chi connectivity index (χ0v) is 26.5. The standard InChI is InChI=1S/C34H33N7O5.CH2O2/c1-46-30-10-8-23(16-29(30)42)27-20-39-34(26(17-35)32(27)24-7-9-28(33(36)44)38-19-24)41-14-12-25(13-15-41)37-18-22-4-2-21(3-5-22)6-11-31(43)40-45;2-1-3/h2-11,16,19-20,25,37,42,45H,12-15,18H2,1H3,(H2,36,44)(H,40,43);1H,(H,2,3)/b11-6+;. The van der Waals surface area contributed by atoms with Crippen LogP contribution in [0.15, 0.2) is 73.1 Å². The van der Waals surface area contributed by atoms with Gasteiger partial charge in [0.2, 0.25) is 0 Å². The fraction of sp³-hybridized carbons (Fsp3) is 0.200. The van der Waals surface area contributed by atoms with Crippen molar-refractivity contribution >= 4 is 30.2 Å². The molecule has 49 heavy (non-hydrogen) atoms. The Morgan fingerprint density at radius 3 is 2.35 bits per heavy atom. The molecular weight excluding hydrogens is 630 g/mol. The Bertz CT molecular complexity index is 1850. The number of aromatic nitrogens is 2. The van der Waals surface area contributed by atoms with Gasteiger partial charge in [-0.3, -0.25) is 24.6 Å². The van der Waals surface area contributed by atoms with Crippen molar-refractivity contribution in [2.45, 2.75) is 25.4 Å². The van der Waals surface area contributed by atoms with E-state index in [1.807, 2.05) is 24.3 Å². The Kier molecular flexibility index (Phi) is 12.4. The number of hydroxylamine groups is 1. The highest BCUT2D eigenvalue weighted by Gasteiger charge is 2.26. The average Bonchev–Trinajstić information content (AvgIpc) is 3.13. The first-order chi connectivity index (χ1) is 23.7. The van der Waals surface area contributed by atoms with Crippen LogP contribution in [-0.4, -0.2) is 69.9 Å². The molecular formula is C35H35N7O7. The van der Waals surface area contributed by atoms with Gasteiger partial charge in [-0.15, -0.1) is 0 Å². The van der Waals surface area contributed by atoms with Crippen molar-refractivity contribution in [1.29, 1.82) is 5.26 Å². The average molecular weight is 666 g/mol. The molecule has 0 bridgehead atoms. The second-order valence-corrected chi connectivity index (χ2v) is 10.8. The molecule has 0 atom stereocenters. The van der Waals surface area contributed by atoms with E-state index in [9.17, 15) is 20.0 Å². The number of carbonyl (C=O) groups excluding carboxylic acids is 2. The van der Waals surface area contributed by atoms with Crippen LogP contribution < -0.4 is 26.2 Å². The predicted molar refractivity (Wildman–Crippen MR) is 181 cm³/mol. The first kappa shape index (κ1) is 35.6. The van der Waals surface area contributed by atoms with E-state index in [2.05, 4.69) is 21.3 Å². The van der Waals surface area contributed by atoms with E-state index in [-0.39, 0.29) is 24.0 Å². The molecule has 5 rings (SSSR count). The number of pyridine rings is 2. The Morgan fingerprint density at radius 2 is 1.78 bits per heavy atom. The first-order valence-electron chi connectivity index (χ1n) is 15.1. The summed E-state index contributed by atoms with van der Waals surface area (Å²) in [5, 5.41) is 40.1. The van der Waals surface area contributed by atoms with Crippen LogP contribution in [0.5, 0.6) is 11.5 Å². The number of hydrogen-bond donors (Lipinski definition) is 6. The maximum atomic E-state index is 11.7. The molecule has 3 heterocycles. The third kappa shape index (κ3) is 8.95. The number of benzene rings is 2. The number of nitrogens with two attached hydrogens (primary N) is 1. The number of phenolic OH excluding ortho intramolecular Hbond substituents is 1. The van der Waals surface area contributed by atoms with Gasteiger partial charge in [-0.05, 0) is 53.8 Å². The number of carboxylic acid groups (broad SMARTS) is 1. The van der Waals surface area contributed by atoms with Gasteiger partial charge in [0.15, 0.2) is 11.5 Å². The van der Waals surface area contributed by atoms with Gasteiger partial charge in [-0.1, -0.05) is 36.4 Å². The van der Waals surface area contributed by atoms with Gasteiger partial charge in [-0.2, -0.15) is 5.26 Å². The maximum Gasteiger partial charge on any atom is 0.290 e. The molecule has 0 unspecified atom stereocenters. The number of primary amides is 1. The lowest BCUT2D eigenvalue weighted by atomic mass is 9.92. The Balaban J connectivity index is 0.00000174. The molecule has 14 heteroatoms. The molecule has 2 aromatic carbocycles. The monoisotopic (exact) mass is 665 g/mol. The van der Waals surface area contributed by atoms with Gasteiger partial charge < -0.3 is 30.9 Å². The van der Waals surface area contributed by atoms with Crippen LogP contribution in [0, 0.1) is 11.3 Å². The van der Waals surface area contributed by atoms with Crippen molar-refractivity contribution in [2.24, 2.45) is 5.73 Å². The zero-order valence-electron chi connectivity index (χ0n) is 26.5. The van der Waals surface area contributed by atoms with Crippen LogP contribution in [0.1, 0.15) is 40.0 Å². The second kappa shape index (κ2) is 17.0. The van der Waals surface area contributed by atoms with E-state index in [0.717, 1.165) is 24.0 Å². The van der Waals surface area contributed by atoms with E-state index in [1.165, 1.54) is 25.4 Å². The lowest BCUT2D eigenvalue weighted by Gasteiger charge is -2.34. The molecule has 1 aliphatic rings. The number of nitriles is 1. The minimum atomic E-state index is -0.655. The lowest BCUT2D eigenvalue weighted by Crippen LogP contribution is -2.42. The summed E-state index contributed by atoms with van der Waals surface area (Å²) in [5.74, 6) is -0.425. The van der Waals surface area contributed by atoms with E-state index in [1.54, 1.807) is 42.0 Å². The Labute approximate surface area is 282 Å². The number of phenols is 1. The zero-order chi connectivity index (χ0) is 35.3. The molecule has 7 N–H and O–H groups in total. The highest BCUT2D eigenvalue weighted by molar-refractivity contribution is 5.93. The third-order valence-electron chi connectivity index (χ3n) is 7.87. The largest absolute Gasteiger partial charge is 0.504 e. The van der Waals surface area contributed by atoms with E-state index >= 15 is 0 Å². The molecule has 2 amide bonds. The molecule has 2 aromatic heterocycles. The smallest absolute Gasteiger partial charge is 0.290 e. The molecule has 1 aliphatic heterocycles. The van der Waals surface area contributed by atoms with Crippen LogP contribution in [-0.2, 0) is 16.1 Å². The number of carbonyl (C=O) groups is 3. The van der Waals surface area contributed by atoms with Crippen LogP contribution in [0.3, 0.4) is 0 Å². The van der Waals surface area contributed by atoms with Crippen molar-refractivity contribution in [3.05, 3.63) is 95.5 Å². The fourth-order valence-corrected chi connectivity index (χ4v) is 5.42. The summed E-state index contributed by atoms with van der Waals surface area (Å²) in [6, 6.07) is 18.6. The van der Waals surface area contributed by atoms with E-state index in [0.29, 0.717) is 59.0 Å². The number of piperidine rings is 1. The number of anilines is 1. The molecule has 252 valence electrons. The predicted octanol–water partition coefficient (Wildman–Crippen LogP) is 3.47. The van der Waals surface area contributed by atoms with Gasteiger partial charge in [0.25, 0.3) is 18.3 Å². The Hall–Kier alpha value is -6.30. The number of methoxy groups -OCH3 is 1. The molecule has 1 saturated heterocycles. The number of nitrogens with zero attached hydrogens (tertiary/aromatic N) is 4. The van der Waals surface area contributed by atoms with Crippen molar-refractivity contribution < 1.29 is 34.5 Å². The Morgan fingerprint density at radius 1 is 1.08 bits per heavy atom. The number of amides is 2. The summed E-state index contributed by atoms with van der Waals surface area (Å²) in [6.07, 6.45) is 7.74. The van der Waals surface area contributed by atoms with Gasteiger partial charge in [0.05, 0.1) is 7.11 Å². The number of aromatic hydroxyl groups is 1. The minimum absolute atomic E-state index is 0.0508. The quantitative estimate of drug-likeness (QED) is 0.0620. The fourth-order valence-electron chi connectivity index (χ4n) is 5.42. The van der Waals surface area contributed by atoms with Crippen LogP contribution in [0.4, 0.5) is 5.82 Å². The summed E-state index contributed by atoms with van der Waals surface area (Å²) in [5.41, 5.74) is 11.8. The minimum Gasteiger partial charge on any atom is -0.504 e. The number of nitrogens with one attached hydrogen (secondary N) is 2. The molecule has 1 fully saturated rings. The summed E-state index contributed by atoms with van der Waals surface area (Å²) >= 11 is 0. The topological polar surface area (TPSA) is 224 Å². The number of hydrogen-bond acceptors (Lipinski definition) is 11. The number of ether oxygens (including phenoxy) is 1. The molecule has 0 spiro atoms. The van der Waals surface area contributed by atoms with Gasteiger partial charge in [0, 0.05) is 60.8 Å². The van der Waals surface area contributed by atoms with Gasteiger partial charge in [0.1, 0.15) is 23.1 Å². The van der Waals surface area contributed by atoms with Crippen molar-refractivity contribution in [3.63, 3.8) is 0 Å². The van der Waals surface area contributed by atoms with E-state index < -0.39 is 11.8 Å². The summed E-state index contributed by atoms with van der Waals surface area (Å²) in [6.45, 7) is 1.78. The van der Waals surface area contributed by atoms with Gasteiger partial charge in [-0.25, -0.2) is 10.5 Å². The third-order valence-corrected chi connectivity index (χ3v) is 7.87. The summed E-state index contributed by atoms with van der Waals surface area (Å²) in [7, 11) is 1.47. The van der Waals surface area contributed by atoms with E-state index in [4.69, 9.17) is 30.6 Å². The first-order valence-corrected chi connectivity index (χ1v) is 15.1. The molecule has 0 aliphatic carbocycles. The van der Waals surface area contributed by atoms with Gasteiger partial charge >= 0.3 is 0 Å². The van der Waals surface area contributed by atoms with Crippen molar-refractivity contribution in [1.82, 2.24) is 20.8 Å².